The molecular formula is C14H9BrClFO2. The van der Waals surface area contributed by atoms with Gasteiger partial charge in [-0.25, -0.2) is 4.39 Å². The number of aldehydes is 1. The average Bonchev–Trinajstić information content (AvgIpc) is 2.44. The minimum atomic E-state index is -0.742. The first-order chi connectivity index (χ1) is 9.13. The van der Waals surface area contributed by atoms with Gasteiger partial charge < -0.3 is 4.74 Å². The van der Waals surface area contributed by atoms with Gasteiger partial charge in [-0.2, -0.15) is 0 Å². The van der Waals surface area contributed by atoms with Crippen LogP contribution in [0.3, 0.4) is 0 Å². The topological polar surface area (TPSA) is 26.3 Å². The van der Waals surface area contributed by atoms with Crippen LogP contribution in [0.4, 0.5) is 4.39 Å². The predicted molar refractivity (Wildman–Crippen MR) is 75.3 cm³/mol. The first-order valence-corrected chi connectivity index (χ1v) is 6.60. The van der Waals surface area contributed by atoms with Crippen molar-refractivity contribution in [3.8, 4) is 5.75 Å². The first-order valence-electron chi connectivity index (χ1n) is 5.43. The van der Waals surface area contributed by atoms with Gasteiger partial charge in [-0.3, -0.25) is 4.79 Å². The van der Waals surface area contributed by atoms with Crippen molar-refractivity contribution in [3.05, 3.63) is 62.8 Å². The smallest absolute Gasteiger partial charge is 0.185 e. The highest BCUT2D eigenvalue weighted by molar-refractivity contribution is 9.10. The summed E-state index contributed by atoms with van der Waals surface area (Å²) in [7, 11) is 0. The lowest BCUT2D eigenvalue weighted by Crippen LogP contribution is -2.01. The average molecular weight is 344 g/mol. The highest BCUT2D eigenvalue weighted by Gasteiger charge is 2.17. The molecule has 0 heterocycles. The predicted octanol–water partition coefficient (Wildman–Crippen LogP) is 4.63. The van der Waals surface area contributed by atoms with Gasteiger partial charge in [0.15, 0.2) is 17.9 Å². The molecule has 19 heavy (non-hydrogen) atoms. The normalized spacial score (nSPS) is 10.3. The molecule has 0 amide bonds. The van der Waals surface area contributed by atoms with E-state index in [0.29, 0.717) is 10.8 Å². The van der Waals surface area contributed by atoms with E-state index in [2.05, 4.69) is 15.9 Å². The minimum absolute atomic E-state index is 0.103. The molecule has 0 N–H and O–H groups in total. The molecule has 0 atom stereocenters. The van der Waals surface area contributed by atoms with Crippen LogP contribution in [0.2, 0.25) is 5.02 Å². The van der Waals surface area contributed by atoms with E-state index in [4.69, 9.17) is 16.3 Å². The van der Waals surface area contributed by atoms with Gasteiger partial charge in [-0.05, 0) is 27.6 Å². The van der Waals surface area contributed by atoms with Crippen LogP contribution in [0.15, 0.2) is 40.9 Å². The molecule has 2 aromatic rings. The lowest BCUT2D eigenvalue weighted by molar-refractivity contribution is 0.111. The summed E-state index contributed by atoms with van der Waals surface area (Å²) in [6.07, 6.45) is 0.532. The fourth-order valence-electron chi connectivity index (χ4n) is 1.56. The molecule has 0 radical (unpaired) electrons. The zero-order valence-corrected chi connectivity index (χ0v) is 12.0. The Kier molecular flexibility index (Phi) is 4.56. The third-order valence-corrected chi connectivity index (χ3v) is 3.72. The Bertz CT molecular complexity index is 602. The molecule has 5 heteroatoms. The third-order valence-electron chi connectivity index (χ3n) is 2.50. The van der Waals surface area contributed by atoms with E-state index in [-0.39, 0.29) is 22.9 Å². The minimum Gasteiger partial charge on any atom is -0.485 e. The molecule has 0 fully saturated rings. The number of hydrogen-bond acceptors (Lipinski definition) is 2. The van der Waals surface area contributed by atoms with Crippen LogP contribution in [-0.2, 0) is 6.61 Å². The van der Waals surface area contributed by atoms with Crippen molar-refractivity contribution in [3.63, 3.8) is 0 Å². The zero-order valence-electron chi connectivity index (χ0n) is 9.70. The van der Waals surface area contributed by atoms with Crippen molar-refractivity contribution in [2.75, 3.05) is 0 Å². The number of carbonyl (C=O) groups excluding carboxylic acids is 1. The van der Waals surface area contributed by atoms with Crippen molar-refractivity contribution in [2.45, 2.75) is 6.61 Å². The second-order valence-corrected chi connectivity index (χ2v) is 5.03. The van der Waals surface area contributed by atoms with Crippen LogP contribution in [-0.4, -0.2) is 6.29 Å². The van der Waals surface area contributed by atoms with Crippen molar-refractivity contribution < 1.29 is 13.9 Å². The molecule has 0 saturated carbocycles. The molecule has 0 bridgehead atoms. The van der Waals surface area contributed by atoms with Gasteiger partial charge in [-0.1, -0.05) is 41.9 Å². The Balaban J connectivity index is 2.29. The van der Waals surface area contributed by atoms with Gasteiger partial charge in [0.05, 0.1) is 10.6 Å². The Morgan fingerprint density at radius 1 is 1.32 bits per heavy atom. The Morgan fingerprint density at radius 2 is 2.00 bits per heavy atom. The molecule has 0 aromatic heterocycles. The van der Waals surface area contributed by atoms with Crippen LogP contribution < -0.4 is 4.74 Å². The van der Waals surface area contributed by atoms with Crippen LogP contribution in [0.1, 0.15) is 15.9 Å². The van der Waals surface area contributed by atoms with Crippen LogP contribution in [0, 0.1) is 5.82 Å². The van der Waals surface area contributed by atoms with Crippen molar-refractivity contribution in [1.29, 1.82) is 0 Å². The molecule has 0 aliphatic heterocycles. The van der Waals surface area contributed by atoms with Crippen LogP contribution in [0.5, 0.6) is 5.75 Å². The standard InChI is InChI=1S/C14H9BrClFO2/c15-11-6-10(7-18)14(13(17)12(11)16)19-8-9-4-2-1-3-5-9/h1-7H,8H2. The highest BCUT2D eigenvalue weighted by atomic mass is 79.9. The second-order valence-electron chi connectivity index (χ2n) is 3.80. The lowest BCUT2D eigenvalue weighted by Gasteiger charge is -2.11. The largest absolute Gasteiger partial charge is 0.485 e. The van der Waals surface area contributed by atoms with Crippen LogP contribution in [0.25, 0.3) is 0 Å². The molecule has 0 spiro atoms. The van der Waals surface area contributed by atoms with E-state index in [0.717, 1.165) is 5.56 Å². The van der Waals surface area contributed by atoms with E-state index in [9.17, 15) is 9.18 Å². The Labute approximate surface area is 123 Å². The van der Waals surface area contributed by atoms with Crippen LogP contribution >= 0.6 is 27.5 Å². The second kappa shape index (κ2) is 6.17. The number of hydrogen-bond donors (Lipinski definition) is 0. The van der Waals surface area contributed by atoms with Gasteiger partial charge in [0.1, 0.15) is 6.61 Å². The van der Waals surface area contributed by atoms with Gasteiger partial charge in [-0.15, -0.1) is 0 Å². The summed E-state index contributed by atoms with van der Waals surface area (Å²) in [4.78, 5) is 10.9. The van der Waals surface area contributed by atoms with Crippen molar-refractivity contribution >= 4 is 33.8 Å². The summed E-state index contributed by atoms with van der Waals surface area (Å²) < 4.78 is 19.7. The first kappa shape index (κ1) is 14.0. The maximum absolute atomic E-state index is 14.0. The third kappa shape index (κ3) is 3.14. The van der Waals surface area contributed by atoms with E-state index < -0.39 is 5.82 Å². The van der Waals surface area contributed by atoms with E-state index >= 15 is 0 Å². The fourth-order valence-corrected chi connectivity index (χ4v) is 2.12. The van der Waals surface area contributed by atoms with E-state index in [1.807, 2.05) is 30.3 Å². The zero-order chi connectivity index (χ0) is 13.8. The molecule has 0 unspecified atom stereocenters. The maximum Gasteiger partial charge on any atom is 0.185 e. The summed E-state index contributed by atoms with van der Waals surface area (Å²) in [5, 5.41) is -0.103. The summed E-state index contributed by atoms with van der Waals surface area (Å²) in [6.45, 7) is 0.163. The number of ether oxygens (including phenoxy) is 1. The molecule has 2 aromatic carbocycles. The quantitative estimate of drug-likeness (QED) is 0.597. The molecule has 0 saturated heterocycles. The lowest BCUT2D eigenvalue weighted by atomic mass is 10.2. The maximum atomic E-state index is 14.0. The molecule has 2 rings (SSSR count). The Hall–Kier alpha value is -1.39. The van der Waals surface area contributed by atoms with E-state index in [1.165, 1.54) is 6.07 Å². The molecule has 0 aliphatic rings. The van der Waals surface area contributed by atoms with Crippen molar-refractivity contribution in [2.24, 2.45) is 0 Å². The summed E-state index contributed by atoms with van der Waals surface area (Å²) in [5.41, 5.74) is 0.988. The monoisotopic (exact) mass is 342 g/mol. The number of carbonyl (C=O) groups is 1. The summed E-state index contributed by atoms with van der Waals surface area (Å²) in [5.74, 6) is -0.874. The van der Waals surface area contributed by atoms with Gasteiger partial charge in [0, 0.05) is 4.47 Å². The SMILES string of the molecule is O=Cc1cc(Br)c(Cl)c(F)c1OCc1ccccc1. The van der Waals surface area contributed by atoms with Gasteiger partial charge in [0.2, 0.25) is 0 Å². The number of halogens is 3. The van der Waals surface area contributed by atoms with Gasteiger partial charge in [0.25, 0.3) is 0 Å². The summed E-state index contributed by atoms with van der Waals surface area (Å²) in [6, 6.07) is 10.7. The van der Waals surface area contributed by atoms with E-state index in [1.54, 1.807) is 0 Å². The molecule has 98 valence electrons. The Morgan fingerprint density at radius 3 is 2.63 bits per heavy atom. The number of benzene rings is 2. The fraction of sp³-hybridized carbons (Fsp3) is 0.0714. The molecule has 2 nitrogen and oxygen atoms in total. The van der Waals surface area contributed by atoms with Crippen molar-refractivity contribution in [1.82, 2.24) is 0 Å². The highest BCUT2D eigenvalue weighted by Crippen LogP contribution is 2.34. The summed E-state index contributed by atoms with van der Waals surface area (Å²) >= 11 is 8.86. The molecule has 0 aliphatic carbocycles. The number of rotatable bonds is 4. The van der Waals surface area contributed by atoms with Gasteiger partial charge >= 0.3 is 0 Å². The molecular weight excluding hydrogens is 335 g/mol.